The van der Waals surface area contributed by atoms with E-state index in [2.05, 4.69) is 67.0 Å². The second kappa shape index (κ2) is 6.11. The summed E-state index contributed by atoms with van der Waals surface area (Å²) in [5.74, 6) is 0.566. The highest BCUT2D eigenvalue weighted by atomic mass is 79.9. The molecule has 0 amide bonds. The fourth-order valence-corrected chi connectivity index (χ4v) is 3.20. The first-order chi connectivity index (χ1) is 9.40. The van der Waals surface area contributed by atoms with Gasteiger partial charge in [-0.15, -0.1) is 0 Å². The van der Waals surface area contributed by atoms with Crippen LogP contribution in [-0.2, 0) is 12.0 Å². The van der Waals surface area contributed by atoms with E-state index in [1.54, 1.807) is 0 Å². The summed E-state index contributed by atoms with van der Waals surface area (Å²) >= 11 is 3.60. The van der Waals surface area contributed by atoms with Gasteiger partial charge in [-0.3, -0.25) is 0 Å². The van der Waals surface area contributed by atoms with Crippen molar-refractivity contribution in [2.75, 3.05) is 0 Å². The van der Waals surface area contributed by atoms with Crippen molar-refractivity contribution in [2.24, 2.45) is 5.73 Å². The Morgan fingerprint density at radius 2 is 1.65 bits per heavy atom. The highest BCUT2D eigenvalue weighted by Crippen LogP contribution is 2.29. The van der Waals surface area contributed by atoms with E-state index < -0.39 is 0 Å². The van der Waals surface area contributed by atoms with Crippen LogP contribution in [0.5, 0.6) is 0 Å². The molecule has 2 aromatic carbocycles. The van der Waals surface area contributed by atoms with Gasteiger partial charge in [-0.05, 0) is 42.0 Å². The van der Waals surface area contributed by atoms with Gasteiger partial charge < -0.3 is 5.73 Å². The van der Waals surface area contributed by atoms with Gasteiger partial charge in [-0.2, -0.15) is 0 Å². The van der Waals surface area contributed by atoms with Crippen LogP contribution in [0.2, 0.25) is 0 Å². The van der Waals surface area contributed by atoms with Crippen molar-refractivity contribution in [2.45, 2.75) is 38.6 Å². The quantitative estimate of drug-likeness (QED) is 0.839. The van der Waals surface area contributed by atoms with E-state index in [1.807, 2.05) is 18.2 Å². The van der Waals surface area contributed by atoms with Gasteiger partial charge in [0.1, 0.15) is 0 Å². The maximum absolute atomic E-state index is 6.54. The van der Waals surface area contributed by atoms with E-state index in [1.165, 1.54) is 11.1 Å². The molecule has 106 valence electrons. The maximum Gasteiger partial charge on any atom is 0.0433 e. The lowest BCUT2D eigenvalue weighted by molar-refractivity contribution is 0.489. The van der Waals surface area contributed by atoms with Crippen molar-refractivity contribution >= 4 is 15.9 Å². The summed E-state index contributed by atoms with van der Waals surface area (Å²) in [6, 6.07) is 17.0. The van der Waals surface area contributed by atoms with Gasteiger partial charge in [0.15, 0.2) is 0 Å². The molecule has 0 aliphatic rings. The molecule has 2 heteroatoms. The zero-order valence-corrected chi connectivity index (χ0v) is 13.9. The standard InChI is InChI=1S/C18H22BrN/c1-13(2)15-10-8-14(9-11-15)12-18(3,20)16-6-4-5-7-17(16)19/h4-11,13H,12,20H2,1-3H3. The minimum absolute atomic E-state index is 0.376. The van der Waals surface area contributed by atoms with Crippen LogP contribution < -0.4 is 5.73 Å². The molecule has 2 N–H and O–H groups in total. The van der Waals surface area contributed by atoms with Crippen LogP contribution >= 0.6 is 15.9 Å². The summed E-state index contributed by atoms with van der Waals surface area (Å²) in [4.78, 5) is 0. The first-order valence-corrected chi connectivity index (χ1v) is 7.82. The molecule has 0 radical (unpaired) electrons. The molecular formula is C18H22BrN. The lowest BCUT2D eigenvalue weighted by Crippen LogP contribution is -2.35. The van der Waals surface area contributed by atoms with Crippen molar-refractivity contribution in [3.63, 3.8) is 0 Å². The Morgan fingerprint density at radius 3 is 2.20 bits per heavy atom. The van der Waals surface area contributed by atoms with Gasteiger partial charge in [0, 0.05) is 10.0 Å². The Balaban J connectivity index is 2.22. The monoisotopic (exact) mass is 331 g/mol. The molecule has 0 aliphatic carbocycles. The van der Waals surface area contributed by atoms with Crippen LogP contribution in [0.4, 0.5) is 0 Å². The molecule has 0 aromatic heterocycles. The molecule has 0 bridgehead atoms. The molecule has 0 saturated carbocycles. The molecular weight excluding hydrogens is 310 g/mol. The first-order valence-electron chi connectivity index (χ1n) is 7.03. The van der Waals surface area contributed by atoms with Crippen LogP contribution in [0.3, 0.4) is 0 Å². The lowest BCUT2D eigenvalue weighted by atomic mass is 9.86. The maximum atomic E-state index is 6.54. The number of halogens is 1. The predicted molar refractivity (Wildman–Crippen MR) is 89.9 cm³/mol. The van der Waals surface area contributed by atoms with Gasteiger partial charge in [-0.1, -0.05) is 72.2 Å². The van der Waals surface area contributed by atoms with Gasteiger partial charge in [0.2, 0.25) is 0 Å². The van der Waals surface area contributed by atoms with E-state index >= 15 is 0 Å². The molecule has 1 atom stereocenters. The van der Waals surface area contributed by atoms with Crippen LogP contribution in [0.1, 0.15) is 43.4 Å². The first kappa shape index (κ1) is 15.3. The summed E-state index contributed by atoms with van der Waals surface area (Å²) in [6.07, 6.45) is 0.827. The van der Waals surface area contributed by atoms with Crippen molar-refractivity contribution in [1.82, 2.24) is 0 Å². The van der Waals surface area contributed by atoms with Crippen LogP contribution in [0.25, 0.3) is 0 Å². The normalized spacial score (nSPS) is 14.3. The fraction of sp³-hybridized carbons (Fsp3) is 0.333. The molecule has 2 aromatic rings. The Labute approximate surface area is 130 Å². The highest BCUT2D eigenvalue weighted by Gasteiger charge is 2.23. The molecule has 2 rings (SSSR count). The Morgan fingerprint density at radius 1 is 1.05 bits per heavy atom. The Bertz CT molecular complexity index is 570. The van der Waals surface area contributed by atoms with Gasteiger partial charge in [0.05, 0.1) is 0 Å². The predicted octanol–water partition coefficient (Wildman–Crippen LogP) is 4.99. The fourth-order valence-electron chi connectivity index (χ4n) is 2.46. The minimum atomic E-state index is -0.376. The zero-order chi connectivity index (χ0) is 14.8. The van der Waals surface area contributed by atoms with Crippen LogP contribution in [-0.4, -0.2) is 0 Å². The molecule has 0 fully saturated rings. The van der Waals surface area contributed by atoms with Crippen molar-refractivity contribution in [3.8, 4) is 0 Å². The van der Waals surface area contributed by atoms with E-state index in [0.29, 0.717) is 5.92 Å². The van der Waals surface area contributed by atoms with Crippen LogP contribution in [0.15, 0.2) is 53.0 Å². The Hall–Kier alpha value is -1.12. The summed E-state index contributed by atoms with van der Waals surface area (Å²) in [5, 5.41) is 0. The molecule has 1 unspecified atom stereocenters. The van der Waals surface area contributed by atoms with Gasteiger partial charge in [0.25, 0.3) is 0 Å². The number of rotatable bonds is 4. The third-order valence-corrected chi connectivity index (χ3v) is 4.40. The van der Waals surface area contributed by atoms with Crippen molar-refractivity contribution < 1.29 is 0 Å². The summed E-state index contributed by atoms with van der Waals surface area (Å²) < 4.78 is 1.07. The van der Waals surface area contributed by atoms with Crippen LogP contribution in [0, 0.1) is 0 Å². The van der Waals surface area contributed by atoms with E-state index in [4.69, 9.17) is 5.73 Å². The SMILES string of the molecule is CC(C)c1ccc(CC(C)(N)c2ccccc2Br)cc1. The minimum Gasteiger partial charge on any atom is -0.321 e. The van der Waals surface area contributed by atoms with E-state index in [9.17, 15) is 0 Å². The molecule has 0 aliphatic heterocycles. The third-order valence-electron chi connectivity index (χ3n) is 3.71. The number of hydrogen-bond donors (Lipinski definition) is 1. The largest absolute Gasteiger partial charge is 0.321 e. The topological polar surface area (TPSA) is 26.0 Å². The number of nitrogens with two attached hydrogens (primary N) is 1. The zero-order valence-electron chi connectivity index (χ0n) is 12.4. The van der Waals surface area contributed by atoms with E-state index in [-0.39, 0.29) is 5.54 Å². The summed E-state index contributed by atoms with van der Waals surface area (Å²) in [7, 11) is 0. The second-order valence-electron chi connectivity index (χ2n) is 5.97. The third kappa shape index (κ3) is 3.50. The van der Waals surface area contributed by atoms with E-state index in [0.717, 1.165) is 16.5 Å². The average Bonchev–Trinajstić information content (AvgIpc) is 2.39. The Kier molecular flexibility index (Phi) is 4.66. The summed E-state index contributed by atoms with van der Waals surface area (Å²) in [5.41, 5.74) is 9.95. The molecule has 0 heterocycles. The van der Waals surface area contributed by atoms with Gasteiger partial charge in [-0.25, -0.2) is 0 Å². The number of hydrogen-bond acceptors (Lipinski definition) is 1. The molecule has 1 nitrogen and oxygen atoms in total. The second-order valence-corrected chi connectivity index (χ2v) is 6.82. The van der Waals surface area contributed by atoms with Gasteiger partial charge >= 0.3 is 0 Å². The molecule has 20 heavy (non-hydrogen) atoms. The summed E-state index contributed by atoms with van der Waals surface area (Å²) in [6.45, 7) is 6.51. The smallest absolute Gasteiger partial charge is 0.0433 e. The molecule has 0 spiro atoms. The lowest BCUT2D eigenvalue weighted by Gasteiger charge is -2.27. The van der Waals surface area contributed by atoms with Crippen molar-refractivity contribution in [1.29, 1.82) is 0 Å². The van der Waals surface area contributed by atoms with Crippen molar-refractivity contribution in [3.05, 3.63) is 69.7 Å². The average molecular weight is 332 g/mol. The molecule has 0 saturated heterocycles. The highest BCUT2D eigenvalue weighted by molar-refractivity contribution is 9.10. The number of benzene rings is 2.